The number of hydrogen-bond donors (Lipinski definition) is 1. The van der Waals surface area contributed by atoms with Gasteiger partial charge in [-0.05, 0) is 12.1 Å². The number of nitrogens with zero attached hydrogens (tertiary/aromatic N) is 2. The third-order valence-corrected chi connectivity index (χ3v) is 5.57. The van der Waals surface area contributed by atoms with Gasteiger partial charge in [0.15, 0.2) is 15.7 Å². The zero-order valence-electron chi connectivity index (χ0n) is 14.1. The molecule has 0 atom stereocenters. The first-order chi connectivity index (χ1) is 12.5. The predicted octanol–water partition coefficient (Wildman–Crippen LogP) is 3.19. The van der Waals surface area contributed by atoms with E-state index in [4.69, 9.17) is 0 Å². The molecule has 0 fully saturated rings. The number of carbonyl (C=O) groups excluding carboxylic acids is 1. The highest BCUT2D eigenvalue weighted by Gasteiger charge is 2.20. The molecule has 1 aromatic heterocycles. The Balaban J connectivity index is 1.83. The normalized spacial score (nSPS) is 11.1. The molecule has 1 heterocycles. The van der Waals surface area contributed by atoms with Crippen LogP contribution in [0.1, 0.15) is 17.3 Å². The molecule has 1 amide bonds. The Labute approximate surface area is 151 Å². The second kappa shape index (κ2) is 7.45. The molecule has 0 radical (unpaired) electrons. The van der Waals surface area contributed by atoms with Crippen LogP contribution in [0.2, 0.25) is 0 Å². The third kappa shape index (κ3) is 3.78. The van der Waals surface area contributed by atoms with Crippen LogP contribution in [0, 0.1) is 0 Å². The molecule has 0 aliphatic rings. The molecule has 26 heavy (non-hydrogen) atoms. The molecule has 0 bridgehead atoms. The summed E-state index contributed by atoms with van der Waals surface area (Å²) in [7, 11) is -3.50. The van der Waals surface area contributed by atoms with Gasteiger partial charge in [-0.15, -0.1) is 0 Å². The van der Waals surface area contributed by atoms with Crippen LogP contribution in [0.25, 0.3) is 11.4 Å². The van der Waals surface area contributed by atoms with Crippen LogP contribution < -0.4 is 5.32 Å². The van der Waals surface area contributed by atoms with Gasteiger partial charge in [-0.2, -0.15) is 0 Å². The minimum atomic E-state index is -3.50. The molecule has 6 nitrogen and oxygen atoms in total. The van der Waals surface area contributed by atoms with Crippen LogP contribution >= 0.6 is 0 Å². The average Bonchev–Trinajstić information content (AvgIpc) is 2.69. The summed E-state index contributed by atoms with van der Waals surface area (Å²) in [6.07, 6.45) is 2.98. The van der Waals surface area contributed by atoms with E-state index in [0.717, 1.165) is 5.56 Å². The lowest BCUT2D eigenvalue weighted by atomic mass is 10.2. The van der Waals surface area contributed by atoms with Crippen molar-refractivity contribution in [2.75, 3.05) is 11.1 Å². The van der Waals surface area contributed by atoms with Crippen molar-refractivity contribution in [1.82, 2.24) is 9.97 Å². The lowest BCUT2D eigenvalue weighted by molar-refractivity contribution is 0.102. The third-order valence-electron chi connectivity index (χ3n) is 3.79. The van der Waals surface area contributed by atoms with Gasteiger partial charge in [-0.1, -0.05) is 49.4 Å². The Bertz CT molecular complexity index is 1020. The number of benzene rings is 2. The second-order valence-corrected chi connectivity index (χ2v) is 7.76. The van der Waals surface area contributed by atoms with Gasteiger partial charge in [0.25, 0.3) is 5.91 Å². The Kier molecular flexibility index (Phi) is 5.09. The number of anilines is 1. The number of aromatic nitrogens is 2. The zero-order chi connectivity index (χ0) is 18.6. The first kappa shape index (κ1) is 17.8. The van der Waals surface area contributed by atoms with Crippen molar-refractivity contribution in [3.8, 4) is 11.4 Å². The van der Waals surface area contributed by atoms with Gasteiger partial charge in [0, 0.05) is 5.56 Å². The summed E-state index contributed by atoms with van der Waals surface area (Å²) in [5, 5.41) is 2.65. The number of sulfone groups is 1. The van der Waals surface area contributed by atoms with Crippen molar-refractivity contribution >= 4 is 21.4 Å². The largest absolute Gasteiger partial charge is 0.319 e. The van der Waals surface area contributed by atoms with Crippen LogP contribution in [0.5, 0.6) is 0 Å². The van der Waals surface area contributed by atoms with Gasteiger partial charge in [-0.25, -0.2) is 18.4 Å². The highest BCUT2D eigenvalue weighted by Crippen LogP contribution is 2.19. The summed E-state index contributed by atoms with van der Waals surface area (Å²) in [5.74, 6) is -0.0575. The van der Waals surface area contributed by atoms with E-state index < -0.39 is 15.7 Å². The van der Waals surface area contributed by atoms with Crippen molar-refractivity contribution in [3.05, 3.63) is 72.6 Å². The number of amides is 1. The molecule has 0 aliphatic heterocycles. The lowest BCUT2D eigenvalue weighted by Crippen LogP contribution is -2.17. The molecule has 0 unspecified atom stereocenters. The maximum Gasteiger partial charge on any atom is 0.257 e. The van der Waals surface area contributed by atoms with E-state index in [1.165, 1.54) is 24.5 Å². The summed E-state index contributed by atoms with van der Waals surface area (Å²) in [6.45, 7) is 1.54. The molecule has 0 saturated heterocycles. The van der Waals surface area contributed by atoms with Crippen molar-refractivity contribution in [2.45, 2.75) is 11.8 Å². The van der Waals surface area contributed by atoms with Crippen LogP contribution in [0.3, 0.4) is 0 Å². The summed E-state index contributed by atoms with van der Waals surface area (Å²) in [5.41, 5.74) is 1.35. The highest BCUT2D eigenvalue weighted by atomic mass is 32.2. The van der Waals surface area contributed by atoms with Crippen molar-refractivity contribution < 1.29 is 13.2 Å². The van der Waals surface area contributed by atoms with E-state index in [1.807, 2.05) is 30.3 Å². The molecule has 3 aromatic rings. The Morgan fingerprint density at radius 1 is 0.962 bits per heavy atom. The molecule has 0 spiro atoms. The minimum absolute atomic E-state index is 0.0156. The molecule has 2 aromatic carbocycles. The van der Waals surface area contributed by atoms with E-state index >= 15 is 0 Å². The highest BCUT2D eigenvalue weighted by molar-refractivity contribution is 7.91. The molecule has 0 saturated carbocycles. The van der Waals surface area contributed by atoms with Gasteiger partial charge in [0.1, 0.15) is 0 Å². The van der Waals surface area contributed by atoms with E-state index in [2.05, 4.69) is 15.3 Å². The molecule has 7 heteroatoms. The van der Waals surface area contributed by atoms with Crippen LogP contribution in [-0.2, 0) is 9.84 Å². The number of rotatable bonds is 5. The number of carbonyl (C=O) groups is 1. The van der Waals surface area contributed by atoms with Gasteiger partial charge < -0.3 is 5.32 Å². The number of nitrogens with one attached hydrogen (secondary N) is 1. The summed E-state index contributed by atoms with van der Waals surface area (Å²) in [4.78, 5) is 21.0. The fourth-order valence-electron chi connectivity index (χ4n) is 2.41. The minimum Gasteiger partial charge on any atom is -0.319 e. The van der Waals surface area contributed by atoms with Gasteiger partial charge in [-0.3, -0.25) is 4.79 Å². The standard InChI is InChI=1S/C19H17N3O3S/c1-2-26(24,25)17-11-7-6-10-16(17)19(23)22-15-12-20-18(21-13-15)14-8-4-3-5-9-14/h3-13H,2H2,1H3,(H,22,23). The SMILES string of the molecule is CCS(=O)(=O)c1ccccc1C(=O)Nc1cnc(-c2ccccc2)nc1. The second-order valence-electron chi connectivity index (χ2n) is 5.52. The first-order valence-electron chi connectivity index (χ1n) is 8.02. The fraction of sp³-hybridized carbons (Fsp3) is 0.105. The van der Waals surface area contributed by atoms with Crippen molar-refractivity contribution in [2.24, 2.45) is 0 Å². The van der Waals surface area contributed by atoms with Gasteiger partial charge >= 0.3 is 0 Å². The Morgan fingerprint density at radius 3 is 2.23 bits per heavy atom. The van der Waals surface area contributed by atoms with Crippen molar-refractivity contribution in [1.29, 1.82) is 0 Å². The smallest absolute Gasteiger partial charge is 0.257 e. The molecule has 132 valence electrons. The van der Waals surface area contributed by atoms with Crippen LogP contribution in [0.4, 0.5) is 5.69 Å². The summed E-state index contributed by atoms with van der Waals surface area (Å²) in [6, 6.07) is 15.6. The molecular weight excluding hydrogens is 350 g/mol. The maximum atomic E-state index is 12.5. The monoisotopic (exact) mass is 367 g/mol. The predicted molar refractivity (Wildman–Crippen MR) is 99.6 cm³/mol. The molecule has 0 aliphatic carbocycles. The maximum absolute atomic E-state index is 12.5. The quantitative estimate of drug-likeness (QED) is 0.748. The van der Waals surface area contributed by atoms with Gasteiger partial charge in [0.2, 0.25) is 0 Å². The summed E-state index contributed by atoms with van der Waals surface area (Å²) < 4.78 is 24.4. The fourth-order valence-corrected chi connectivity index (χ4v) is 3.50. The molecule has 1 N–H and O–H groups in total. The van der Waals surface area contributed by atoms with Crippen molar-refractivity contribution in [3.63, 3.8) is 0 Å². The van der Waals surface area contributed by atoms with E-state index in [0.29, 0.717) is 11.5 Å². The first-order valence-corrected chi connectivity index (χ1v) is 9.67. The summed E-state index contributed by atoms with van der Waals surface area (Å²) >= 11 is 0. The van der Waals surface area contributed by atoms with E-state index in [-0.39, 0.29) is 16.2 Å². The topological polar surface area (TPSA) is 89.0 Å². The van der Waals surface area contributed by atoms with E-state index in [9.17, 15) is 13.2 Å². The average molecular weight is 367 g/mol. The lowest BCUT2D eigenvalue weighted by Gasteiger charge is -2.10. The number of hydrogen-bond acceptors (Lipinski definition) is 5. The Hall–Kier alpha value is -3.06. The Morgan fingerprint density at radius 2 is 1.58 bits per heavy atom. The van der Waals surface area contributed by atoms with E-state index in [1.54, 1.807) is 19.1 Å². The zero-order valence-corrected chi connectivity index (χ0v) is 14.9. The molecular formula is C19H17N3O3S. The van der Waals surface area contributed by atoms with Crippen LogP contribution in [0.15, 0.2) is 71.9 Å². The van der Waals surface area contributed by atoms with Crippen LogP contribution in [-0.4, -0.2) is 30.0 Å². The molecule has 3 rings (SSSR count). The van der Waals surface area contributed by atoms with Gasteiger partial charge in [0.05, 0.1) is 34.3 Å².